The smallest absolute Gasteiger partial charge is 0.0477 e. The topological polar surface area (TPSA) is 39.3 Å². The lowest BCUT2D eigenvalue weighted by Crippen LogP contribution is -2.28. The van der Waals surface area contributed by atoms with E-state index in [9.17, 15) is 5.11 Å². The van der Waals surface area contributed by atoms with Gasteiger partial charge in [0.25, 0.3) is 0 Å². The molecule has 0 radical (unpaired) electrons. The van der Waals surface area contributed by atoms with Gasteiger partial charge in [-0.05, 0) is 32.1 Å². The minimum atomic E-state index is 0.241. The van der Waals surface area contributed by atoms with Gasteiger partial charge in [-0.25, -0.2) is 0 Å². The Morgan fingerprint density at radius 1 is 1.50 bits per heavy atom. The molecule has 3 heteroatoms. The number of hydrogen-bond acceptors (Lipinski definition) is 2. The Bertz CT molecular complexity index is 240. The van der Waals surface area contributed by atoms with Crippen LogP contribution < -0.4 is 0 Å². The molecule has 0 saturated heterocycles. The molecule has 0 fully saturated rings. The molecule has 1 aromatic rings. The fourth-order valence-corrected chi connectivity index (χ4v) is 1.96. The van der Waals surface area contributed by atoms with Crippen LogP contribution in [0.2, 0.25) is 0 Å². The zero-order valence-electron chi connectivity index (χ0n) is 9.20. The number of H-pyrrole nitrogens is 1. The van der Waals surface area contributed by atoms with E-state index in [1.54, 1.807) is 0 Å². The van der Waals surface area contributed by atoms with Gasteiger partial charge in [-0.15, -0.1) is 0 Å². The lowest BCUT2D eigenvalue weighted by Gasteiger charge is -2.30. The van der Waals surface area contributed by atoms with Gasteiger partial charge in [0.2, 0.25) is 0 Å². The Morgan fingerprint density at radius 2 is 2.21 bits per heavy atom. The average molecular weight is 196 g/mol. The Hall–Kier alpha value is -0.800. The second-order valence-electron chi connectivity index (χ2n) is 3.90. The van der Waals surface area contributed by atoms with E-state index < -0.39 is 0 Å². The first-order valence-electron chi connectivity index (χ1n) is 5.10. The van der Waals surface area contributed by atoms with Crippen molar-refractivity contribution in [3.05, 3.63) is 24.0 Å². The van der Waals surface area contributed by atoms with Crippen molar-refractivity contribution in [1.82, 2.24) is 9.88 Å². The largest absolute Gasteiger partial charge is 0.396 e. The van der Waals surface area contributed by atoms with Gasteiger partial charge in [-0.2, -0.15) is 0 Å². The second-order valence-corrected chi connectivity index (χ2v) is 3.90. The van der Waals surface area contributed by atoms with Gasteiger partial charge in [-0.3, -0.25) is 0 Å². The predicted molar refractivity (Wildman–Crippen MR) is 58.1 cm³/mol. The number of hydrogen-bond donors (Lipinski definition) is 2. The summed E-state index contributed by atoms with van der Waals surface area (Å²) in [5.41, 5.74) is 1.25. The van der Waals surface area contributed by atoms with Crippen molar-refractivity contribution >= 4 is 0 Å². The summed E-state index contributed by atoms with van der Waals surface area (Å²) in [6.45, 7) is 2.36. The van der Waals surface area contributed by atoms with Crippen LogP contribution in [0.1, 0.15) is 24.9 Å². The van der Waals surface area contributed by atoms with Crippen molar-refractivity contribution in [2.24, 2.45) is 5.92 Å². The van der Waals surface area contributed by atoms with E-state index in [1.165, 1.54) is 5.56 Å². The van der Waals surface area contributed by atoms with Crippen LogP contribution in [0.4, 0.5) is 0 Å². The summed E-state index contributed by atoms with van der Waals surface area (Å²) >= 11 is 0. The average Bonchev–Trinajstić information content (AvgIpc) is 2.65. The van der Waals surface area contributed by atoms with Crippen LogP contribution >= 0.6 is 0 Å². The molecule has 0 aliphatic rings. The number of aromatic amines is 1. The first kappa shape index (κ1) is 11.3. The van der Waals surface area contributed by atoms with Crippen LogP contribution in [-0.2, 0) is 0 Å². The van der Waals surface area contributed by atoms with Crippen molar-refractivity contribution in [3.63, 3.8) is 0 Å². The van der Waals surface area contributed by atoms with Crippen molar-refractivity contribution < 1.29 is 5.11 Å². The van der Waals surface area contributed by atoms with Gasteiger partial charge >= 0.3 is 0 Å². The van der Waals surface area contributed by atoms with Crippen LogP contribution in [0.5, 0.6) is 0 Å². The third kappa shape index (κ3) is 2.36. The van der Waals surface area contributed by atoms with Gasteiger partial charge in [-0.1, -0.05) is 6.92 Å². The summed E-state index contributed by atoms with van der Waals surface area (Å²) in [7, 11) is 4.10. The molecule has 1 heterocycles. The lowest BCUT2D eigenvalue weighted by molar-refractivity contribution is 0.130. The van der Waals surface area contributed by atoms with Gasteiger partial charge in [0.05, 0.1) is 0 Å². The standard InChI is InChI=1S/C11H20N2O/c1-4-9(8-14)11(13(2)3)10-5-6-12-7-10/h5-7,9,11-12,14H,4,8H2,1-3H3. The molecule has 0 spiro atoms. The number of aliphatic hydroxyl groups is 1. The second kappa shape index (κ2) is 5.17. The van der Waals surface area contributed by atoms with Gasteiger partial charge in [0.15, 0.2) is 0 Å². The van der Waals surface area contributed by atoms with E-state index in [0.717, 1.165) is 6.42 Å². The Morgan fingerprint density at radius 3 is 2.57 bits per heavy atom. The molecule has 2 N–H and O–H groups in total. The molecular formula is C11H20N2O. The van der Waals surface area contributed by atoms with E-state index in [1.807, 2.05) is 12.4 Å². The molecule has 2 unspecified atom stereocenters. The monoisotopic (exact) mass is 196 g/mol. The summed E-state index contributed by atoms with van der Waals surface area (Å²) in [4.78, 5) is 5.22. The van der Waals surface area contributed by atoms with Crippen LogP contribution in [0.15, 0.2) is 18.5 Å². The van der Waals surface area contributed by atoms with E-state index in [-0.39, 0.29) is 6.61 Å². The third-order valence-corrected chi connectivity index (χ3v) is 2.73. The van der Waals surface area contributed by atoms with Crippen molar-refractivity contribution in [3.8, 4) is 0 Å². The maximum atomic E-state index is 9.31. The van der Waals surface area contributed by atoms with Gasteiger partial charge < -0.3 is 15.0 Å². The molecule has 2 atom stereocenters. The highest BCUT2D eigenvalue weighted by Gasteiger charge is 2.23. The highest BCUT2D eigenvalue weighted by Crippen LogP contribution is 2.28. The van der Waals surface area contributed by atoms with E-state index >= 15 is 0 Å². The number of rotatable bonds is 5. The first-order chi connectivity index (χ1) is 6.70. The van der Waals surface area contributed by atoms with Crippen molar-refractivity contribution in [2.75, 3.05) is 20.7 Å². The molecule has 0 saturated carbocycles. The zero-order valence-corrected chi connectivity index (χ0v) is 9.20. The van der Waals surface area contributed by atoms with E-state index in [4.69, 9.17) is 0 Å². The lowest BCUT2D eigenvalue weighted by atomic mass is 9.92. The minimum Gasteiger partial charge on any atom is -0.396 e. The Labute approximate surface area is 85.7 Å². The maximum absolute atomic E-state index is 9.31. The molecule has 0 aromatic carbocycles. The van der Waals surface area contributed by atoms with Gasteiger partial charge in [0.1, 0.15) is 0 Å². The highest BCUT2D eigenvalue weighted by molar-refractivity contribution is 5.15. The van der Waals surface area contributed by atoms with Crippen LogP contribution in [-0.4, -0.2) is 35.7 Å². The number of aromatic nitrogens is 1. The molecule has 14 heavy (non-hydrogen) atoms. The highest BCUT2D eigenvalue weighted by atomic mass is 16.3. The Balaban J connectivity index is 2.84. The maximum Gasteiger partial charge on any atom is 0.0477 e. The molecule has 0 aliphatic carbocycles. The fraction of sp³-hybridized carbons (Fsp3) is 0.636. The summed E-state index contributed by atoms with van der Waals surface area (Å²) in [6, 6.07) is 2.37. The number of nitrogens with one attached hydrogen (secondary N) is 1. The molecule has 1 aromatic heterocycles. The molecule has 3 nitrogen and oxygen atoms in total. The molecule has 0 bridgehead atoms. The minimum absolute atomic E-state index is 0.241. The summed E-state index contributed by atoms with van der Waals surface area (Å²) < 4.78 is 0. The molecule has 0 aliphatic heterocycles. The predicted octanol–water partition coefficient (Wildman–Crippen LogP) is 1.64. The first-order valence-corrected chi connectivity index (χ1v) is 5.10. The summed E-state index contributed by atoms with van der Waals surface area (Å²) in [5.74, 6) is 0.306. The zero-order chi connectivity index (χ0) is 10.6. The van der Waals surface area contributed by atoms with E-state index in [2.05, 4.69) is 37.0 Å². The molecular weight excluding hydrogens is 176 g/mol. The van der Waals surface area contributed by atoms with Crippen LogP contribution in [0.25, 0.3) is 0 Å². The quantitative estimate of drug-likeness (QED) is 0.751. The SMILES string of the molecule is CCC(CO)C(c1cc[nH]c1)N(C)C. The van der Waals surface area contributed by atoms with Crippen molar-refractivity contribution in [2.45, 2.75) is 19.4 Å². The molecule has 0 amide bonds. The number of aliphatic hydroxyl groups excluding tert-OH is 1. The van der Waals surface area contributed by atoms with Crippen LogP contribution in [0, 0.1) is 5.92 Å². The summed E-state index contributed by atoms with van der Waals surface area (Å²) in [5, 5.41) is 9.31. The summed E-state index contributed by atoms with van der Waals surface area (Å²) in [6.07, 6.45) is 4.92. The molecule has 1 rings (SSSR count). The third-order valence-electron chi connectivity index (χ3n) is 2.73. The molecule has 80 valence electrons. The fourth-order valence-electron chi connectivity index (χ4n) is 1.96. The number of nitrogens with zero attached hydrogens (tertiary/aromatic N) is 1. The van der Waals surface area contributed by atoms with Crippen molar-refractivity contribution in [1.29, 1.82) is 0 Å². The normalized spacial score (nSPS) is 15.8. The van der Waals surface area contributed by atoms with E-state index in [0.29, 0.717) is 12.0 Å². The van der Waals surface area contributed by atoms with Crippen LogP contribution in [0.3, 0.4) is 0 Å². The van der Waals surface area contributed by atoms with Gasteiger partial charge in [0, 0.05) is 31.0 Å². The Kier molecular flexibility index (Phi) is 4.17.